The van der Waals surface area contributed by atoms with E-state index in [4.69, 9.17) is 4.74 Å². The fraction of sp³-hybridized carbons (Fsp3) is 0.455. The van der Waals surface area contributed by atoms with E-state index in [1.165, 1.54) is 0 Å². The van der Waals surface area contributed by atoms with Crippen LogP contribution < -0.4 is 4.72 Å². The van der Waals surface area contributed by atoms with Crippen LogP contribution in [0.4, 0.5) is 0 Å². The highest BCUT2D eigenvalue weighted by atomic mass is 79.9. The Morgan fingerprint density at radius 1 is 1.41 bits per heavy atom. The highest BCUT2D eigenvalue weighted by Gasteiger charge is 2.19. The molecule has 1 N–H and O–H groups in total. The van der Waals surface area contributed by atoms with Crippen molar-refractivity contribution in [3.8, 4) is 0 Å². The van der Waals surface area contributed by atoms with Gasteiger partial charge in [0.15, 0.2) is 0 Å². The lowest BCUT2D eigenvalue weighted by molar-refractivity contribution is 0.188. The lowest BCUT2D eigenvalue weighted by atomic mass is 10.3. The van der Waals surface area contributed by atoms with Crippen molar-refractivity contribution in [2.24, 2.45) is 0 Å². The molecule has 0 saturated heterocycles. The molecular weight excluding hydrogens is 306 g/mol. The van der Waals surface area contributed by atoms with Gasteiger partial charge in [0, 0.05) is 24.2 Å². The zero-order chi connectivity index (χ0) is 12.9. The van der Waals surface area contributed by atoms with Gasteiger partial charge >= 0.3 is 0 Å². The molecule has 0 aliphatic carbocycles. The summed E-state index contributed by atoms with van der Waals surface area (Å²) >= 11 is 3.23. The lowest BCUT2D eigenvalue weighted by Crippen LogP contribution is -2.33. The first-order valence-corrected chi connectivity index (χ1v) is 7.51. The lowest BCUT2D eigenvalue weighted by Gasteiger charge is -2.14. The summed E-state index contributed by atoms with van der Waals surface area (Å²) in [5, 5.41) is 0. The standard InChI is InChI=1S/C11H16BrNO3S/c1-9(7-8-16-2)13-17(14,15)11-6-4-3-5-10(11)12/h3-6,9,13H,7-8H2,1-2H3. The van der Waals surface area contributed by atoms with Crippen LogP contribution in [0.1, 0.15) is 13.3 Å². The van der Waals surface area contributed by atoms with Gasteiger partial charge in [-0.3, -0.25) is 0 Å². The number of ether oxygens (including phenoxy) is 1. The van der Waals surface area contributed by atoms with Gasteiger partial charge in [-0.25, -0.2) is 13.1 Å². The van der Waals surface area contributed by atoms with E-state index >= 15 is 0 Å². The maximum absolute atomic E-state index is 12.0. The van der Waals surface area contributed by atoms with Crippen molar-refractivity contribution in [1.82, 2.24) is 4.72 Å². The van der Waals surface area contributed by atoms with Crippen molar-refractivity contribution >= 4 is 26.0 Å². The van der Waals surface area contributed by atoms with Gasteiger partial charge in [-0.1, -0.05) is 12.1 Å². The largest absolute Gasteiger partial charge is 0.385 e. The fourth-order valence-corrected chi connectivity index (χ4v) is 3.63. The molecule has 0 amide bonds. The van der Waals surface area contributed by atoms with Crippen LogP contribution in [-0.2, 0) is 14.8 Å². The first-order chi connectivity index (χ1) is 7.97. The van der Waals surface area contributed by atoms with Gasteiger partial charge in [-0.05, 0) is 41.4 Å². The SMILES string of the molecule is COCCC(C)NS(=O)(=O)c1ccccc1Br. The maximum Gasteiger partial charge on any atom is 0.241 e. The summed E-state index contributed by atoms with van der Waals surface area (Å²) in [7, 11) is -1.88. The quantitative estimate of drug-likeness (QED) is 0.873. The minimum absolute atomic E-state index is 0.160. The summed E-state index contributed by atoms with van der Waals surface area (Å²) in [6.07, 6.45) is 0.639. The molecule has 1 rings (SSSR count). The predicted molar refractivity (Wildman–Crippen MR) is 70.4 cm³/mol. The van der Waals surface area contributed by atoms with Gasteiger partial charge in [0.05, 0.1) is 4.90 Å². The fourth-order valence-electron chi connectivity index (χ4n) is 1.34. The molecule has 0 aromatic heterocycles. The minimum Gasteiger partial charge on any atom is -0.385 e. The summed E-state index contributed by atoms with van der Waals surface area (Å²) in [6, 6.07) is 6.58. The molecule has 0 heterocycles. The molecule has 96 valence electrons. The second-order valence-corrected chi connectivity index (χ2v) is 6.27. The second kappa shape index (κ2) is 6.49. The highest BCUT2D eigenvalue weighted by Crippen LogP contribution is 2.21. The number of rotatable bonds is 6. The van der Waals surface area contributed by atoms with Crippen molar-refractivity contribution in [2.45, 2.75) is 24.3 Å². The molecule has 4 nitrogen and oxygen atoms in total. The van der Waals surface area contributed by atoms with Crippen molar-refractivity contribution in [2.75, 3.05) is 13.7 Å². The summed E-state index contributed by atoms with van der Waals surface area (Å²) in [5.74, 6) is 0. The molecule has 0 saturated carbocycles. The van der Waals surface area contributed by atoms with Crippen LogP contribution in [0.25, 0.3) is 0 Å². The Balaban J connectivity index is 2.79. The van der Waals surface area contributed by atoms with Crippen molar-refractivity contribution in [3.63, 3.8) is 0 Å². The van der Waals surface area contributed by atoms with Gasteiger partial charge in [0.2, 0.25) is 10.0 Å². The average molecular weight is 322 g/mol. The molecule has 0 fully saturated rings. The maximum atomic E-state index is 12.0. The number of hydrogen-bond donors (Lipinski definition) is 1. The number of nitrogens with one attached hydrogen (secondary N) is 1. The molecule has 1 aromatic rings. The Kier molecular flexibility index (Phi) is 5.58. The van der Waals surface area contributed by atoms with Crippen LogP contribution >= 0.6 is 15.9 Å². The Labute approximate surface area is 111 Å². The third kappa shape index (κ3) is 4.39. The Morgan fingerprint density at radius 2 is 2.06 bits per heavy atom. The van der Waals surface area contributed by atoms with Gasteiger partial charge in [0.1, 0.15) is 0 Å². The molecular formula is C11H16BrNO3S. The Morgan fingerprint density at radius 3 is 2.65 bits per heavy atom. The molecule has 0 aliphatic heterocycles. The smallest absolute Gasteiger partial charge is 0.241 e. The number of hydrogen-bond acceptors (Lipinski definition) is 3. The monoisotopic (exact) mass is 321 g/mol. The molecule has 1 aromatic carbocycles. The summed E-state index contributed by atoms with van der Waals surface area (Å²) in [5.41, 5.74) is 0. The van der Waals surface area contributed by atoms with Gasteiger partial charge in [-0.15, -0.1) is 0 Å². The third-order valence-electron chi connectivity index (χ3n) is 2.24. The van der Waals surface area contributed by atoms with E-state index in [-0.39, 0.29) is 10.9 Å². The normalized spacial score (nSPS) is 13.6. The van der Waals surface area contributed by atoms with E-state index < -0.39 is 10.0 Å². The molecule has 1 atom stereocenters. The molecule has 0 spiro atoms. The van der Waals surface area contributed by atoms with Crippen LogP contribution in [0.3, 0.4) is 0 Å². The zero-order valence-electron chi connectivity index (χ0n) is 9.81. The van der Waals surface area contributed by atoms with Crippen LogP contribution in [0.5, 0.6) is 0 Å². The topological polar surface area (TPSA) is 55.4 Å². The highest BCUT2D eigenvalue weighted by molar-refractivity contribution is 9.10. The number of methoxy groups -OCH3 is 1. The first-order valence-electron chi connectivity index (χ1n) is 5.23. The number of sulfonamides is 1. The van der Waals surface area contributed by atoms with Crippen molar-refractivity contribution in [1.29, 1.82) is 0 Å². The second-order valence-electron chi connectivity index (χ2n) is 3.73. The van der Waals surface area contributed by atoms with Gasteiger partial charge < -0.3 is 4.74 Å². The Hall–Kier alpha value is -0.430. The summed E-state index contributed by atoms with van der Waals surface area (Å²) in [4.78, 5) is 0.254. The van der Waals surface area contributed by atoms with Crippen LogP contribution in [-0.4, -0.2) is 28.2 Å². The minimum atomic E-state index is -3.47. The van der Waals surface area contributed by atoms with E-state index in [0.29, 0.717) is 17.5 Å². The zero-order valence-corrected chi connectivity index (χ0v) is 12.2. The van der Waals surface area contributed by atoms with Gasteiger partial charge in [-0.2, -0.15) is 0 Å². The summed E-state index contributed by atoms with van der Waals surface area (Å²) < 4.78 is 32.2. The molecule has 6 heteroatoms. The van der Waals surface area contributed by atoms with Crippen LogP contribution in [0.15, 0.2) is 33.6 Å². The molecule has 17 heavy (non-hydrogen) atoms. The van der Waals surface area contributed by atoms with Gasteiger partial charge in [0.25, 0.3) is 0 Å². The van der Waals surface area contributed by atoms with E-state index in [2.05, 4.69) is 20.7 Å². The predicted octanol–water partition coefficient (Wildman–Crippen LogP) is 2.15. The third-order valence-corrected chi connectivity index (χ3v) is 4.84. The van der Waals surface area contributed by atoms with E-state index in [0.717, 1.165) is 0 Å². The molecule has 0 bridgehead atoms. The molecule has 1 unspecified atom stereocenters. The van der Waals surface area contributed by atoms with Crippen LogP contribution in [0, 0.1) is 0 Å². The van der Waals surface area contributed by atoms with Crippen molar-refractivity contribution < 1.29 is 13.2 Å². The summed E-state index contributed by atoms with van der Waals surface area (Å²) in [6.45, 7) is 2.34. The van der Waals surface area contributed by atoms with E-state index in [1.807, 2.05) is 6.92 Å². The van der Waals surface area contributed by atoms with Crippen molar-refractivity contribution in [3.05, 3.63) is 28.7 Å². The number of benzene rings is 1. The van der Waals surface area contributed by atoms with E-state index in [9.17, 15) is 8.42 Å². The molecule has 0 aliphatic rings. The average Bonchev–Trinajstić information content (AvgIpc) is 2.26. The Bertz CT molecular complexity index is 462. The first kappa shape index (κ1) is 14.6. The molecule has 0 radical (unpaired) electrons. The van der Waals surface area contributed by atoms with E-state index in [1.54, 1.807) is 31.4 Å². The number of halogens is 1. The van der Waals surface area contributed by atoms with Crippen LogP contribution in [0.2, 0.25) is 0 Å².